The van der Waals surface area contributed by atoms with Crippen LogP contribution in [0.25, 0.3) is 0 Å². The van der Waals surface area contributed by atoms with Crippen molar-refractivity contribution in [2.45, 2.75) is 13.0 Å². The summed E-state index contributed by atoms with van der Waals surface area (Å²) >= 11 is 0. The average molecular weight is 290 g/mol. The van der Waals surface area contributed by atoms with Crippen molar-refractivity contribution in [3.05, 3.63) is 23.8 Å². The molecule has 2 heterocycles. The molecule has 0 aromatic heterocycles. The maximum absolute atomic E-state index is 12.3. The number of piperazine rings is 1. The zero-order chi connectivity index (χ0) is 15.0. The topological polar surface area (TPSA) is 84.9 Å². The number of nitrogens with one attached hydrogen (secondary N) is 1. The molecule has 0 radical (unpaired) electrons. The fourth-order valence-electron chi connectivity index (χ4n) is 2.31. The van der Waals surface area contributed by atoms with Crippen LogP contribution in [0.15, 0.2) is 18.2 Å². The quantitative estimate of drug-likeness (QED) is 0.620. The number of imide groups is 1. The van der Waals surface area contributed by atoms with Gasteiger partial charge in [-0.3, -0.25) is 24.6 Å². The van der Waals surface area contributed by atoms with Crippen molar-refractivity contribution in [1.82, 2.24) is 10.2 Å². The smallest absolute Gasteiger partial charge is 0.243 e. The van der Waals surface area contributed by atoms with Crippen LogP contribution in [-0.2, 0) is 9.59 Å². The largest absolute Gasteiger partial charge is 0.454 e. The molecule has 2 aliphatic heterocycles. The molecule has 0 spiro atoms. The predicted octanol–water partition coefficient (Wildman–Crippen LogP) is -0.0551. The van der Waals surface area contributed by atoms with E-state index in [0.29, 0.717) is 17.1 Å². The predicted molar refractivity (Wildman–Crippen MR) is 71.1 cm³/mol. The normalized spacial score (nSPS) is 21.3. The lowest BCUT2D eigenvalue weighted by Crippen LogP contribution is -2.57. The van der Waals surface area contributed by atoms with E-state index in [4.69, 9.17) is 9.47 Å². The minimum absolute atomic E-state index is 0.0000293. The summed E-state index contributed by atoms with van der Waals surface area (Å²) in [5.41, 5.74) is 0.463. The van der Waals surface area contributed by atoms with Crippen LogP contribution in [0.3, 0.4) is 0 Å². The fourth-order valence-corrected chi connectivity index (χ4v) is 2.31. The number of ketones is 1. The summed E-state index contributed by atoms with van der Waals surface area (Å²) < 4.78 is 10.4. The van der Waals surface area contributed by atoms with Gasteiger partial charge in [0.25, 0.3) is 0 Å². The van der Waals surface area contributed by atoms with Crippen LogP contribution in [-0.4, -0.2) is 48.4 Å². The maximum Gasteiger partial charge on any atom is 0.243 e. The Labute approximate surface area is 120 Å². The summed E-state index contributed by atoms with van der Waals surface area (Å²) in [6.07, 6.45) is 0. The molecule has 21 heavy (non-hydrogen) atoms. The van der Waals surface area contributed by atoms with Crippen LogP contribution in [0.5, 0.6) is 11.5 Å². The van der Waals surface area contributed by atoms with Crippen LogP contribution in [0.2, 0.25) is 0 Å². The molecule has 1 fully saturated rings. The van der Waals surface area contributed by atoms with Crippen molar-refractivity contribution in [2.24, 2.45) is 0 Å². The molecule has 1 N–H and O–H groups in total. The Balaban J connectivity index is 1.74. The Morgan fingerprint density at radius 2 is 2.10 bits per heavy atom. The third-order valence-electron chi connectivity index (χ3n) is 3.58. The van der Waals surface area contributed by atoms with Gasteiger partial charge in [-0.1, -0.05) is 0 Å². The summed E-state index contributed by atoms with van der Waals surface area (Å²) in [6, 6.07) is 4.42. The number of rotatable bonds is 3. The van der Waals surface area contributed by atoms with E-state index in [-0.39, 0.29) is 31.6 Å². The highest BCUT2D eigenvalue weighted by Gasteiger charge is 2.31. The molecule has 110 valence electrons. The first-order valence-electron chi connectivity index (χ1n) is 6.55. The minimum atomic E-state index is -0.513. The molecular weight excluding hydrogens is 276 g/mol. The Morgan fingerprint density at radius 3 is 2.90 bits per heavy atom. The highest BCUT2D eigenvalue weighted by atomic mass is 16.7. The van der Waals surface area contributed by atoms with Gasteiger partial charge in [0.1, 0.15) is 0 Å². The first-order valence-corrected chi connectivity index (χ1v) is 6.55. The molecular formula is C14H14N2O5. The van der Waals surface area contributed by atoms with E-state index in [1.807, 2.05) is 0 Å². The number of nitrogens with zero attached hydrogens (tertiary/aromatic N) is 1. The Kier molecular flexibility index (Phi) is 3.34. The number of amides is 2. The van der Waals surface area contributed by atoms with Crippen molar-refractivity contribution >= 4 is 17.6 Å². The van der Waals surface area contributed by atoms with Crippen LogP contribution in [0, 0.1) is 0 Å². The van der Waals surface area contributed by atoms with Crippen molar-refractivity contribution in [3.63, 3.8) is 0 Å². The molecule has 1 atom stereocenters. The summed E-state index contributed by atoms with van der Waals surface area (Å²) in [5.74, 6) is 0.179. The zero-order valence-corrected chi connectivity index (χ0v) is 11.4. The van der Waals surface area contributed by atoms with E-state index in [1.54, 1.807) is 30.0 Å². The SMILES string of the molecule is CC1C(=O)NC(=O)CN1CC(=O)c1ccc2c(c1)OCO2. The standard InChI is InChI=1S/C14H14N2O5/c1-8-14(19)15-13(18)6-16(8)5-10(17)9-2-3-11-12(4-9)21-7-20-11/h2-4,8H,5-7H2,1H3,(H,15,18,19). The molecule has 0 bridgehead atoms. The van der Waals surface area contributed by atoms with Crippen molar-refractivity contribution in [3.8, 4) is 11.5 Å². The van der Waals surface area contributed by atoms with Gasteiger partial charge in [-0.15, -0.1) is 0 Å². The molecule has 1 unspecified atom stereocenters. The molecule has 2 amide bonds. The van der Waals surface area contributed by atoms with Gasteiger partial charge in [0.15, 0.2) is 17.3 Å². The molecule has 1 aromatic carbocycles. The molecule has 3 rings (SSSR count). The lowest BCUT2D eigenvalue weighted by atomic mass is 10.1. The zero-order valence-electron chi connectivity index (χ0n) is 11.4. The molecule has 7 heteroatoms. The summed E-state index contributed by atoms with van der Waals surface area (Å²) in [6.45, 7) is 1.84. The highest BCUT2D eigenvalue weighted by molar-refractivity contribution is 6.03. The lowest BCUT2D eigenvalue weighted by Gasteiger charge is -2.30. The molecule has 1 aromatic rings. The van der Waals surface area contributed by atoms with Gasteiger partial charge in [-0.25, -0.2) is 0 Å². The lowest BCUT2D eigenvalue weighted by molar-refractivity contribution is -0.139. The minimum Gasteiger partial charge on any atom is -0.454 e. The van der Waals surface area contributed by atoms with Crippen molar-refractivity contribution in [2.75, 3.05) is 19.9 Å². The maximum atomic E-state index is 12.3. The van der Waals surface area contributed by atoms with E-state index in [0.717, 1.165) is 0 Å². The second-order valence-electron chi connectivity index (χ2n) is 4.98. The number of benzene rings is 1. The highest BCUT2D eigenvalue weighted by Crippen LogP contribution is 2.32. The van der Waals surface area contributed by atoms with Crippen LogP contribution < -0.4 is 14.8 Å². The van der Waals surface area contributed by atoms with Crippen LogP contribution in [0.4, 0.5) is 0 Å². The van der Waals surface area contributed by atoms with Gasteiger partial charge >= 0.3 is 0 Å². The summed E-state index contributed by atoms with van der Waals surface area (Å²) in [5, 5.41) is 2.24. The van der Waals surface area contributed by atoms with Crippen molar-refractivity contribution in [1.29, 1.82) is 0 Å². The molecule has 0 saturated carbocycles. The number of hydrogen-bond donors (Lipinski definition) is 1. The van der Waals surface area contributed by atoms with E-state index < -0.39 is 11.9 Å². The number of Topliss-reactive ketones (excluding diaryl/α,β-unsaturated/α-hetero) is 1. The van der Waals surface area contributed by atoms with Gasteiger partial charge < -0.3 is 9.47 Å². The van der Waals surface area contributed by atoms with E-state index in [1.165, 1.54) is 0 Å². The van der Waals surface area contributed by atoms with Crippen LogP contribution >= 0.6 is 0 Å². The van der Waals surface area contributed by atoms with Crippen LogP contribution in [0.1, 0.15) is 17.3 Å². The van der Waals surface area contributed by atoms with E-state index in [9.17, 15) is 14.4 Å². The molecule has 1 saturated heterocycles. The Hall–Kier alpha value is -2.41. The third-order valence-corrected chi connectivity index (χ3v) is 3.58. The van der Waals surface area contributed by atoms with Gasteiger partial charge in [0.05, 0.1) is 19.1 Å². The molecule has 7 nitrogen and oxygen atoms in total. The van der Waals surface area contributed by atoms with E-state index >= 15 is 0 Å². The second kappa shape index (κ2) is 5.17. The fraction of sp³-hybridized carbons (Fsp3) is 0.357. The summed E-state index contributed by atoms with van der Waals surface area (Å²) in [7, 11) is 0. The van der Waals surface area contributed by atoms with E-state index in [2.05, 4.69) is 5.32 Å². The second-order valence-corrected chi connectivity index (χ2v) is 4.98. The number of hydrogen-bond acceptors (Lipinski definition) is 6. The first-order chi connectivity index (χ1) is 10.0. The van der Waals surface area contributed by atoms with Gasteiger partial charge in [-0.2, -0.15) is 0 Å². The molecule has 0 aliphatic carbocycles. The third kappa shape index (κ3) is 2.59. The van der Waals surface area contributed by atoms with Gasteiger partial charge in [0, 0.05) is 5.56 Å². The first kappa shape index (κ1) is 13.6. The number of carbonyl (C=O) groups excluding carboxylic acids is 3. The number of fused-ring (bicyclic) bond motifs is 1. The number of carbonyl (C=O) groups is 3. The summed E-state index contributed by atoms with van der Waals surface area (Å²) in [4.78, 5) is 36.8. The monoisotopic (exact) mass is 290 g/mol. The Bertz CT molecular complexity index is 628. The average Bonchev–Trinajstić information content (AvgIpc) is 2.91. The molecule has 2 aliphatic rings. The number of ether oxygens (including phenoxy) is 2. The van der Waals surface area contributed by atoms with Crippen molar-refractivity contribution < 1.29 is 23.9 Å². The van der Waals surface area contributed by atoms with Gasteiger partial charge in [0.2, 0.25) is 18.6 Å². The van der Waals surface area contributed by atoms with Gasteiger partial charge in [-0.05, 0) is 25.1 Å². The Morgan fingerprint density at radius 1 is 1.33 bits per heavy atom.